The summed E-state index contributed by atoms with van der Waals surface area (Å²) in [5, 5.41) is 3.08. The van der Waals surface area contributed by atoms with E-state index in [-0.39, 0.29) is 16.8 Å². The summed E-state index contributed by atoms with van der Waals surface area (Å²) in [5.41, 5.74) is 0.794. The molecule has 27 heavy (non-hydrogen) atoms. The normalized spacial score (nSPS) is 24.8. The summed E-state index contributed by atoms with van der Waals surface area (Å²) < 4.78 is 31.9. The summed E-state index contributed by atoms with van der Waals surface area (Å²) in [6.45, 7) is 3.79. The van der Waals surface area contributed by atoms with Crippen molar-refractivity contribution < 1.29 is 17.9 Å². The van der Waals surface area contributed by atoms with E-state index in [0.717, 1.165) is 24.8 Å². The summed E-state index contributed by atoms with van der Waals surface area (Å²) in [7, 11) is -3.49. The van der Waals surface area contributed by atoms with Gasteiger partial charge in [-0.05, 0) is 42.5 Å². The zero-order valence-electron chi connectivity index (χ0n) is 15.8. The van der Waals surface area contributed by atoms with Crippen LogP contribution < -0.4 is 5.32 Å². The van der Waals surface area contributed by atoms with E-state index in [4.69, 9.17) is 4.74 Å². The standard InChI is InChI=1S/C20H28N2O4S/c1-16-4-2-3-5-19(16)21-20(23)11-8-17-6-9-18(10-7-17)27(24,25)22-12-14-26-15-13-22/h6-11,16,19H,2-5,12-15H2,1H3,(H,21,23)/b11-8+. The van der Waals surface area contributed by atoms with Gasteiger partial charge in [-0.2, -0.15) is 4.31 Å². The number of hydrogen-bond acceptors (Lipinski definition) is 4. The highest BCUT2D eigenvalue weighted by molar-refractivity contribution is 7.89. The first kappa shape index (κ1) is 20.0. The van der Waals surface area contributed by atoms with Crippen molar-refractivity contribution in [1.29, 1.82) is 0 Å². The molecule has 2 fully saturated rings. The number of hydrogen-bond donors (Lipinski definition) is 1. The van der Waals surface area contributed by atoms with Crippen molar-refractivity contribution >= 4 is 22.0 Å². The molecule has 1 aromatic rings. The van der Waals surface area contributed by atoms with Gasteiger partial charge in [-0.25, -0.2) is 8.42 Å². The van der Waals surface area contributed by atoms with E-state index in [0.29, 0.717) is 32.2 Å². The quantitative estimate of drug-likeness (QED) is 0.781. The monoisotopic (exact) mass is 392 g/mol. The molecule has 1 aliphatic heterocycles. The lowest BCUT2D eigenvalue weighted by Gasteiger charge is -2.29. The first-order valence-electron chi connectivity index (χ1n) is 9.63. The molecule has 1 saturated carbocycles. The molecule has 1 aromatic carbocycles. The van der Waals surface area contributed by atoms with Gasteiger partial charge in [-0.15, -0.1) is 0 Å². The van der Waals surface area contributed by atoms with Crippen LogP contribution in [-0.4, -0.2) is 51.0 Å². The van der Waals surface area contributed by atoms with Crippen molar-refractivity contribution in [2.75, 3.05) is 26.3 Å². The number of nitrogens with one attached hydrogen (secondary N) is 1. The molecule has 2 unspecified atom stereocenters. The molecular formula is C20H28N2O4S. The van der Waals surface area contributed by atoms with Crippen molar-refractivity contribution in [1.82, 2.24) is 9.62 Å². The van der Waals surface area contributed by atoms with Gasteiger partial charge in [0.15, 0.2) is 0 Å². The van der Waals surface area contributed by atoms with Crippen LogP contribution in [0.5, 0.6) is 0 Å². The Morgan fingerprint density at radius 3 is 2.48 bits per heavy atom. The SMILES string of the molecule is CC1CCCCC1NC(=O)/C=C/c1ccc(S(=O)(=O)N2CCOCC2)cc1. The third-order valence-electron chi connectivity index (χ3n) is 5.35. The Hall–Kier alpha value is -1.70. The molecule has 3 rings (SSSR count). The van der Waals surface area contributed by atoms with Crippen molar-refractivity contribution in [3.8, 4) is 0 Å². The smallest absolute Gasteiger partial charge is 0.244 e. The highest BCUT2D eigenvalue weighted by atomic mass is 32.2. The number of ether oxygens (including phenoxy) is 1. The van der Waals surface area contributed by atoms with Gasteiger partial charge < -0.3 is 10.1 Å². The second-order valence-electron chi connectivity index (χ2n) is 7.30. The number of sulfonamides is 1. The third kappa shape index (κ3) is 5.18. The predicted octanol–water partition coefficient (Wildman–Crippen LogP) is 2.42. The minimum Gasteiger partial charge on any atom is -0.379 e. The summed E-state index contributed by atoms with van der Waals surface area (Å²) in [5.74, 6) is 0.416. The average molecular weight is 393 g/mol. The Labute approximate surface area is 161 Å². The van der Waals surface area contributed by atoms with Crippen LogP contribution in [0.4, 0.5) is 0 Å². The van der Waals surface area contributed by atoms with Gasteiger partial charge >= 0.3 is 0 Å². The third-order valence-corrected chi connectivity index (χ3v) is 7.27. The van der Waals surface area contributed by atoms with E-state index < -0.39 is 10.0 Å². The van der Waals surface area contributed by atoms with Gasteiger partial charge in [0.1, 0.15) is 0 Å². The fourth-order valence-electron chi connectivity index (χ4n) is 3.62. The van der Waals surface area contributed by atoms with Crippen molar-refractivity contribution in [3.63, 3.8) is 0 Å². The maximum Gasteiger partial charge on any atom is 0.244 e. The summed E-state index contributed by atoms with van der Waals surface area (Å²) in [6.07, 6.45) is 7.84. The van der Waals surface area contributed by atoms with E-state index in [1.165, 1.54) is 16.8 Å². The number of nitrogens with zero attached hydrogens (tertiary/aromatic N) is 1. The van der Waals surface area contributed by atoms with Gasteiger partial charge in [0.05, 0.1) is 18.1 Å². The highest BCUT2D eigenvalue weighted by Gasteiger charge is 2.26. The van der Waals surface area contributed by atoms with Crippen LogP contribution in [-0.2, 0) is 19.6 Å². The van der Waals surface area contributed by atoms with Gasteiger partial charge in [-0.3, -0.25) is 4.79 Å². The maximum atomic E-state index is 12.6. The van der Waals surface area contributed by atoms with E-state index in [1.54, 1.807) is 30.3 Å². The molecule has 7 heteroatoms. The fraction of sp³-hybridized carbons (Fsp3) is 0.550. The number of morpholine rings is 1. The second-order valence-corrected chi connectivity index (χ2v) is 9.23. The van der Waals surface area contributed by atoms with E-state index in [9.17, 15) is 13.2 Å². The minimum absolute atomic E-state index is 0.0984. The molecule has 2 atom stereocenters. The summed E-state index contributed by atoms with van der Waals surface area (Å²) in [4.78, 5) is 12.4. The first-order chi connectivity index (χ1) is 13.0. The molecule has 6 nitrogen and oxygen atoms in total. The summed E-state index contributed by atoms with van der Waals surface area (Å²) >= 11 is 0. The molecule has 1 aliphatic carbocycles. The Morgan fingerprint density at radius 2 is 1.81 bits per heavy atom. The molecule has 0 radical (unpaired) electrons. The van der Waals surface area contributed by atoms with E-state index >= 15 is 0 Å². The zero-order chi connectivity index (χ0) is 19.3. The van der Waals surface area contributed by atoms with Crippen LogP contribution in [0.15, 0.2) is 35.2 Å². The topological polar surface area (TPSA) is 75.7 Å². The van der Waals surface area contributed by atoms with Crippen LogP contribution >= 0.6 is 0 Å². The van der Waals surface area contributed by atoms with Gasteiger partial charge in [0.25, 0.3) is 0 Å². The largest absolute Gasteiger partial charge is 0.379 e. The molecule has 148 valence electrons. The second kappa shape index (κ2) is 8.99. The maximum absolute atomic E-state index is 12.6. The lowest BCUT2D eigenvalue weighted by molar-refractivity contribution is -0.117. The van der Waals surface area contributed by atoms with Crippen LogP contribution in [0.1, 0.15) is 38.2 Å². The molecule has 1 amide bonds. The van der Waals surface area contributed by atoms with Crippen LogP contribution in [0.2, 0.25) is 0 Å². The number of carbonyl (C=O) groups excluding carboxylic acids is 1. The minimum atomic E-state index is -3.49. The molecule has 0 spiro atoms. The predicted molar refractivity (Wildman–Crippen MR) is 105 cm³/mol. The van der Waals surface area contributed by atoms with Gasteiger partial charge in [0, 0.05) is 25.2 Å². The molecular weight excluding hydrogens is 364 g/mol. The van der Waals surface area contributed by atoms with Crippen LogP contribution in [0.25, 0.3) is 6.08 Å². The Morgan fingerprint density at radius 1 is 1.15 bits per heavy atom. The molecule has 1 heterocycles. The lowest BCUT2D eigenvalue weighted by Crippen LogP contribution is -2.40. The molecule has 0 bridgehead atoms. The number of rotatable bonds is 5. The number of amides is 1. The Kier molecular flexibility index (Phi) is 6.68. The zero-order valence-corrected chi connectivity index (χ0v) is 16.6. The Balaban J connectivity index is 1.59. The number of benzene rings is 1. The molecule has 1 N–H and O–H groups in total. The van der Waals surface area contributed by atoms with Crippen molar-refractivity contribution in [3.05, 3.63) is 35.9 Å². The van der Waals surface area contributed by atoms with Crippen molar-refractivity contribution in [2.45, 2.75) is 43.5 Å². The molecule has 1 saturated heterocycles. The molecule has 2 aliphatic rings. The van der Waals surface area contributed by atoms with Crippen LogP contribution in [0, 0.1) is 5.92 Å². The lowest BCUT2D eigenvalue weighted by atomic mass is 9.86. The summed E-state index contributed by atoms with van der Waals surface area (Å²) in [6, 6.07) is 6.87. The van der Waals surface area contributed by atoms with Gasteiger partial charge in [0.2, 0.25) is 15.9 Å². The molecule has 0 aromatic heterocycles. The number of carbonyl (C=O) groups is 1. The van der Waals surface area contributed by atoms with E-state index in [2.05, 4.69) is 12.2 Å². The fourth-order valence-corrected chi connectivity index (χ4v) is 5.03. The van der Waals surface area contributed by atoms with Gasteiger partial charge in [-0.1, -0.05) is 31.9 Å². The van der Waals surface area contributed by atoms with Crippen LogP contribution in [0.3, 0.4) is 0 Å². The highest BCUT2D eigenvalue weighted by Crippen LogP contribution is 2.23. The van der Waals surface area contributed by atoms with E-state index in [1.807, 2.05) is 0 Å². The first-order valence-corrected chi connectivity index (χ1v) is 11.1. The average Bonchev–Trinajstić information content (AvgIpc) is 2.69. The van der Waals surface area contributed by atoms with Crippen molar-refractivity contribution in [2.24, 2.45) is 5.92 Å². The Bertz CT molecular complexity index is 768.